The van der Waals surface area contributed by atoms with Crippen LogP contribution in [0.25, 0.3) is 5.57 Å². The maximum Gasteiger partial charge on any atom is 0.133 e. The van der Waals surface area contributed by atoms with E-state index >= 15 is 0 Å². The molecule has 0 spiro atoms. The lowest BCUT2D eigenvalue weighted by molar-refractivity contribution is -0.0272. The van der Waals surface area contributed by atoms with Gasteiger partial charge in [0.05, 0.1) is 45.7 Å². The fourth-order valence-electron chi connectivity index (χ4n) is 4.89. The van der Waals surface area contributed by atoms with Gasteiger partial charge < -0.3 is 24.1 Å². The summed E-state index contributed by atoms with van der Waals surface area (Å²) in [5, 5.41) is 10.6. The summed E-state index contributed by atoms with van der Waals surface area (Å²) in [6, 6.07) is 12.3. The third-order valence-electron chi connectivity index (χ3n) is 6.60. The largest absolute Gasteiger partial charge is 0.496 e. The first kappa shape index (κ1) is 23.6. The summed E-state index contributed by atoms with van der Waals surface area (Å²) in [7, 11) is 4.96. The molecule has 0 radical (unpaired) electrons. The Morgan fingerprint density at radius 1 is 1.03 bits per heavy atom. The predicted octanol–water partition coefficient (Wildman–Crippen LogP) is 4.26. The van der Waals surface area contributed by atoms with Crippen molar-refractivity contribution < 1.29 is 24.1 Å². The molecule has 6 heteroatoms. The Morgan fingerprint density at radius 3 is 2.45 bits per heavy atom. The molecule has 0 amide bonds. The highest BCUT2D eigenvalue weighted by atomic mass is 16.5. The number of hydrogen-bond donors (Lipinski definition) is 1. The van der Waals surface area contributed by atoms with Crippen LogP contribution in [0.4, 0.5) is 0 Å². The number of hydrogen-bond acceptors (Lipinski definition) is 6. The van der Waals surface area contributed by atoms with Gasteiger partial charge in [-0.15, -0.1) is 0 Å². The van der Waals surface area contributed by atoms with Gasteiger partial charge in [0.25, 0.3) is 0 Å². The van der Waals surface area contributed by atoms with Gasteiger partial charge in [0.1, 0.15) is 17.2 Å². The van der Waals surface area contributed by atoms with Crippen molar-refractivity contribution in [2.24, 2.45) is 0 Å². The lowest BCUT2D eigenvalue weighted by Crippen LogP contribution is -2.37. The third-order valence-corrected chi connectivity index (χ3v) is 6.60. The summed E-state index contributed by atoms with van der Waals surface area (Å²) in [6.07, 6.45) is 5.89. The number of methoxy groups -OCH3 is 3. The quantitative estimate of drug-likeness (QED) is 0.612. The Labute approximate surface area is 196 Å². The second-order valence-electron chi connectivity index (χ2n) is 8.71. The fourth-order valence-corrected chi connectivity index (χ4v) is 4.89. The minimum absolute atomic E-state index is 0.0902. The molecule has 0 saturated heterocycles. The molecule has 0 aromatic heterocycles. The van der Waals surface area contributed by atoms with E-state index in [1.54, 1.807) is 21.3 Å². The van der Waals surface area contributed by atoms with Crippen molar-refractivity contribution in [1.29, 1.82) is 0 Å². The summed E-state index contributed by atoms with van der Waals surface area (Å²) >= 11 is 0. The highest BCUT2D eigenvalue weighted by Crippen LogP contribution is 2.41. The summed E-state index contributed by atoms with van der Waals surface area (Å²) in [4.78, 5) is 2.26. The van der Waals surface area contributed by atoms with E-state index in [9.17, 15) is 5.11 Å². The van der Waals surface area contributed by atoms with Gasteiger partial charge in [-0.1, -0.05) is 30.3 Å². The fraction of sp³-hybridized carbons (Fsp3) is 0.481. The maximum atomic E-state index is 10.6. The van der Waals surface area contributed by atoms with Crippen LogP contribution in [0.3, 0.4) is 0 Å². The molecule has 2 aromatic carbocycles. The zero-order valence-electron chi connectivity index (χ0n) is 19.9. The van der Waals surface area contributed by atoms with Gasteiger partial charge in [-0.2, -0.15) is 0 Å². The Hall–Kier alpha value is -2.54. The van der Waals surface area contributed by atoms with E-state index in [0.29, 0.717) is 18.9 Å². The SMILES string of the molecule is COc1cc(OC)c(C2=CCN(C[C@@H](O)CO[C@H]3CCCc4ccccc43)CC2)c(OC)c1. The number of nitrogens with zero attached hydrogens (tertiary/aromatic N) is 1. The summed E-state index contributed by atoms with van der Waals surface area (Å²) < 4.78 is 22.7. The molecule has 6 nitrogen and oxygen atoms in total. The zero-order chi connectivity index (χ0) is 23.2. The van der Waals surface area contributed by atoms with Crippen LogP contribution in [0.5, 0.6) is 17.2 Å². The van der Waals surface area contributed by atoms with Crippen molar-refractivity contribution in [3.63, 3.8) is 0 Å². The van der Waals surface area contributed by atoms with Crippen molar-refractivity contribution in [2.75, 3.05) is 47.6 Å². The first-order chi connectivity index (χ1) is 16.1. The van der Waals surface area contributed by atoms with Gasteiger partial charge in [0, 0.05) is 31.8 Å². The maximum absolute atomic E-state index is 10.6. The monoisotopic (exact) mass is 453 g/mol. The molecule has 1 aliphatic carbocycles. The molecule has 1 aliphatic heterocycles. The molecule has 1 heterocycles. The van der Waals surface area contributed by atoms with E-state index in [1.807, 2.05) is 12.1 Å². The molecule has 0 saturated carbocycles. The zero-order valence-corrected chi connectivity index (χ0v) is 19.9. The minimum Gasteiger partial charge on any atom is -0.496 e. The summed E-state index contributed by atoms with van der Waals surface area (Å²) in [5.74, 6) is 2.19. The molecule has 1 N–H and O–H groups in total. The number of fused-ring (bicyclic) bond motifs is 1. The third kappa shape index (κ3) is 5.52. The molecule has 2 aromatic rings. The van der Waals surface area contributed by atoms with Gasteiger partial charge in [0.15, 0.2) is 0 Å². The van der Waals surface area contributed by atoms with Crippen LogP contribution in [-0.4, -0.2) is 63.7 Å². The van der Waals surface area contributed by atoms with Crippen LogP contribution in [-0.2, 0) is 11.2 Å². The van der Waals surface area contributed by atoms with E-state index in [4.69, 9.17) is 18.9 Å². The standard InChI is InChI=1S/C27H35NO5/c1-30-22-15-25(31-2)27(26(16-22)32-3)20-11-13-28(14-12-20)17-21(29)18-33-24-10-6-8-19-7-4-5-9-23(19)24/h4-5,7,9,11,15-16,21,24,29H,6,8,10,12-14,17-18H2,1-3H3/t21-,24+/m1/s1. The van der Waals surface area contributed by atoms with Gasteiger partial charge in [-0.25, -0.2) is 0 Å². The van der Waals surface area contributed by atoms with Crippen LogP contribution >= 0.6 is 0 Å². The number of aliphatic hydroxyl groups is 1. The Morgan fingerprint density at radius 2 is 1.79 bits per heavy atom. The molecule has 0 bridgehead atoms. The second-order valence-corrected chi connectivity index (χ2v) is 8.71. The Kier molecular flexibility index (Phi) is 7.91. The van der Waals surface area contributed by atoms with Crippen molar-refractivity contribution in [3.05, 3.63) is 59.2 Å². The highest BCUT2D eigenvalue weighted by molar-refractivity contribution is 5.77. The average Bonchev–Trinajstić information content (AvgIpc) is 2.87. The first-order valence-corrected chi connectivity index (χ1v) is 11.7. The van der Waals surface area contributed by atoms with Crippen LogP contribution in [0, 0.1) is 0 Å². The number of rotatable bonds is 9. The number of aliphatic hydroxyl groups excluding tert-OH is 1. The molecule has 2 aliphatic rings. The first-order valence-electron chi connectivity index (χ1n) is 11.7. The lowest BCUT2D eigenvalue weighted by Gasteiger charge is -2.30. The molecule has 0 fully saturated rings. The Balaban J connectivity index is 1.34. The number of aryl methyl sites for hydroxylation is 1. The lowest BCUT2D eigenvalue weighted by atomic mass is 9.89. The van der Waals surface area contributed by atoms with Gasteiger partial charge in [-0.3, -0.25) is 4.90 Å². The van der Waals surface area contributed by atoms with Gasteiger partial charge >= 0.3 is 0 Å². The smallest absolute Gasteiger partial charge is 0.133 e. The number of ether oxygens (including phenoxy) is 4. The van der Waals surface area contributed by atoms with E-state index in [0.717, 1.165) is 55.8 Å². The second kappa shape index (κ2) is 11.1. The van der Waals surface area contributed by atoms with E-state index < -0.39 is 6.10 Å². The van der Waals surface area contributed by atoms with E-state index in [1.165, 1.54) is 16.7 Å². The molecule has 0 unspecified atom stereocenters. The molecule has 178 valence electrons. The van der Waals surface area contributed by atoms with Gasteiger partial charge in [-0.05, 0) is 42.4 Å². The van der Waals surface area contributed by atoms with Crippen molar-refractivity contribution in [3.8, 4) is 17.2 Å². The summed E-state index contributed by atoms with van der Waals surface area (Å²) in [6.45, 7) is 2.56. The van der Waals surface area contributed by atoms with Crippen LogP contribution < -0.4 is 14.2 Å². The van der Waals surface area contributed by atoms with E-state index in [2.05, 4.69) is 35.2 Å². The van der Waals surface area contributed by atoms with Crippen molar-refractivity contribution in [1.82, 2.24) is 4.90 Å². The topological polar surface area (TPSA) is 60.4 Å². The minimum atomic E-state index is -0.515. The normalized spacial score (nSPS) is 19.4. The van der Waals surface area contributed by atoms with Crippen LogP contribution in [0.2, 0.25) is 0 Å². The van der Waals surface area contributed by atoms with Gasteiger partial charge in [0.2, 0.25) is 0 Å². The average molecular weight is 454 g/mol. The molecular weight excluding hydrogens is 418 g/mol. The number of benzene rings is 2. The van der Waals surface area contributed by atoms with Crippen molar-refractivity contribution in [2.45, 2.75) is 37.9 Å². The molecular formula is C27H35NO5. The molecule has 33 heavy (non-hydrogen) atoms. The molecule has 4 rings (SSSR count). The van der Waals surface area contributed by atoms with Crippen LogP contribution in [0.1, 0.15) is 42.1 Å². The highest BCUT2D eigenvalue weighted by Gasteiger charge is 2.24. The summed E-state index contributed by atoms with van der Waals surface area (Å²) in [5.41, 5.74) is 4.82. The molecule has 2 atom stereocenters. The predicted molar refractivity (Wildman–Crippen MR) is 129 cm³/mol. The number of β-amino-alcohol motifs (C(OH)–C–C–N with tert-alkyl or cyclic N) is 1. The van der Waals surface area contributed by atoms with E-state index in [-0.39, 0.29) is 6.10 Å². The van der Waals surface area contributed by atoms with Crippen molar-refractivity contribution >= 4 is 5.57 Å². The Bertz CT molecular complexity index is 948. The van der Waals surface area contributed by atoms with Crippen LogP contribution in [0.15, 0.2) is 42.5 Å².